The zero-order chi connectivity index (χ0) is 15.9. The molecule has 1 aliphatic rings. The molecule has 0 amide bonds. The fourth-order valence-corrected chi connectivity index (χ4v) is 2.08. The molecule has 0 spiro atoms. The topological polar surface area (TPSA) is 20.2 Å². The van der Waals surface area contributed by atoms with Crippen LogP contribution in [-0.4, -0.2) is 11.3 Å². The molecule has 0 saturated carbocycles. The van der Waals surface area contributed by atoms with E-state index in [0.29, 0.717) is 12.1 Å². The minimum Gasteiger partial charge on any atom is -0.509 e. The van der Waals surface area contributed by atoms with Gasteiger partial charge in [-0.15, -0.1) is 0 Å². The summed E-state index contributed by atoms with van der Waals surface area (Å²) in [4.78, 5) is 0. The van der Waals surface area contributed by atoms with Gasteiger partial charge in [0.2, 0.25) is 0 Å². The smallest absolute Gasteiger partial charge is 0.419 e. The Morgan fingerprint density at radius 1 is 0.905 bits per heavy atom. The minimum absolute atomic E-state index is 0.449. The number of hydrogen-bond acceptors (Lipinski definition) is 1. The molecule has 1 aromatic carbocycles. The van der Waals surface area contributed by atoms with E-state index < -0.39 is 64.8 Å². The van der Waals surface area contributed by atoms with Crippen molar-refractivity contribution in [3.63, 3.8) is 0 Å². The molecular formula is C13H7F7O. The Hall–Kier alpha value is -1.99. The Balaban J connectivity index is 2.76. The van der Waals surface area contributed by atoms with Crippen LogP contribution in [0.5, 0.6) is 0 Å². The maximum atomic E-state index is 13.6. The average Bonchev–Trinajstić information content (AvgIpc) is 2.38. The third-order valence-electron chi connectivity index (χ3n) is 3.03. The number of hydrogen-bond donors (Lipinski definition) is 1. The van der Waals surface area contributed by atoms with Crippen LogP contribution in [0.15, 0.2) is 29.3 Å². The van der Waals surface area contributed by atoms with Gasteiger partial charge in [0.05, 0.1) is 5.57 Å². The summed E-state index contributed by atoms with van der Waals surface area (Å²) in [6, 6.07) is 1.05. The lowest BCUT2D eigenvalue weighted by atomic mass is 9.89. The van der Waals surface area contributed by atoms with E-state index in [1.165, 1.54) is 0 Å². The molecular weight excluding hydrogens is 305 g/mol. The van der Waals surface area contributed by atoms with E-state index in [9.17, 15) is 30.7 Å². The normalized spacial score (nSPS) is 16.7. The number of alkyl halides is 3. The van der Waals surface area contributed by atoms with Crippen molar-refractivity contribution in [3.05, 3.63) is 52.3 Å². The molecule has 0 heterocycles. The van der Waals surface area contributed by atoms with Crippen LogP contribution >= 0.6 is 0 Å². The molecule has 8 heteroatoms. The highest BCUT2D eigenvalue weighted by atomic mass is 19.4. The van der Waals surface area contributed by atoms with Gasteiger partial charge in [-0.3, -0.25) is 0 Å². The molecule has 1 N–H and O–H groups in total. The molecule has 0 radical (unpaired) electrons. The first kappa shape index (κ1) is 15.4. The molecule has 0 unspecified atom stereocenters. The fraction of sp³-hybridized carbons (Fsp3) is 0.231. The highest BCUT2D eigenvalue weighted by molar-refractivity contribution is 5.75. The maximum absolute atomic E-state index is 13.6. The molecule has 1 aliphatic carbocycles. The molecule has 0 aliphatic heterocycles. The van der Waals surface area contributed by atoms with Gasteiger partial charge in [-0.05, 0) is 24.1 Å². The molecule has 0 aromatic heterocycles. The predicted octanol–water partition coefficient (Wildman–Crippen LogP) is 4.95. The lowest BCUT2D eigenvalue weighted by molar-refractivity contribution is -0.0914. The zero-order valence-corrected chi connectivity index (χ0v) is 10.2. The van der Waals surface area contributed by atoms with Crippen LogP contribution < -0.4 is 0 Å². The number of benzene rings is 1. The van der Waals surface area contributed by atoms with Gasteiger partial charge >= 0.3 is 6.18 Å². The Morgan fingerprint density at radius 3 is 2.10 bits per heavy atom. The molecule has 2 rings (SSSR count). The molecule has 0 atom stereocenters. The molecule has 0 bridgehead atoms. The van der Waals surface area contributed by atoms with Crippen molar-refractivity contribution < 1.29 is 35.8 Å². The lowest BCUT2D eigenvalue weighted by Crippen LogP contribution is -2.19. The first-order valence-corrected chi connectivity index (χ1v) is 5.66. The van der Waals surface area contributed by atoms with Gasteiger partial charge in [0.15, 0.2) is 23.3 Å². The summed E-state index contributed by atoms with van der Waals surface area (Å²) in [7, 11) is 0. The Labute approximate surface area is 114 Å². The highest BCUT2D eigenvalue weighted by Gasteiger charge is 2.43. The highest BCUT2D eigenvalue weighted by Crippen LogP contribution is 2.45. The van der Waals surface area contributed by atoms with Crippen molar-refractivity contribution in [2.75, 3.05) is 0 Å². The molecule has 1 nitrogen and oxygen atoms in total. The minimum atomic E-state index is -5.22. The molecule has 1 aromatic rings. The lowest BCUT2D eigenvalue weighted by Gasteiger charge is -2.22. The molecule has 0 fully saturated rings. The molecule has 0 saturated heterocycles. The number of allylic oxidation sites excluding steroid dienone is 4. The summed E-state index contributed by atoms with van der Waals surface area (Å²) in [5.74, 6) is -8.40. The second-order valence-corrected chi connectivity index (χ2v) is 4.33. The van der Waals surface area contributed by atoms with Crippen LogP contribution in [-0.2, 0) is 0 Å². The van der Waals surface area contributed by atoms with E-state index in [0.717, 1.165) is 0 Å². The Kier molecular flexibility index (Phi) is 3.73. The SMILES string of the molecule is OC1=C(F)C(C(F)(F)F)=C(c2ccc(F)c(F)c2F)CC1. The van der Waals surface area contributed by atoms with Crippen LogP contribution in [0.4, 0.5) is 30.7 Å². The summed E-state index contributed by atoms with van der Waals surface area (Å²) in [5.41, 5.74) is -3.63. The van der Waals surface area contributed by atoms with Gasteiger partial charge in [0, 0.05) is 12.0 Å². The summed E-state index contributed by atoms with van der Waals surface area (Å²) >= 11 is 0. The largest absolute Gasteiger partial charge is 0.509 e. The van der Waals surface area contributed by atoms with Crippen molar-refractivity contribution in [2.24, 2.45) is 0 Å². The van der Waals surface area contributed by atoms with Crippen LogP contribution in [0.2, 0.25) is 0 Å². The Morgan fingerprint density at radius 2 is 1.52 bits per heavy atom. The number of halogens is 7. The van der Waals surface area contributed by atoms with Gasteiger partial charge in [0.25, 0.3) is 0 Å². The second kappa shape index (κ2) is 5.09. The van der Waals surface area contributed by atoms with Crippen LogP contribution in [0, 0.1) is 17.5 Å². The van der Waals surface area contributed by atoms with E-state index in [2.05, 4.69) is 0 Å². The third-order valence-corrected chi connectivity index (χ3v) is 3.03. The van der Waals surface area contributed by atoms with E-state index in [-0.39, 0.29) is 0 Å². The summed E-state index contributed by atoms with van der Waals surface area (Å²) in [5, 5.41) is 9.09. The molecule has 21 heavy (non-hydrogen) atoms. The van der Waals surface area contributed by atoms with Crippen molar-refractivity contribution in [2.45, 2.75) is 19.0 Å². The predicted molar refractivity (Wildman–Crippen MR) is 59.3 cm³/mol. The zero-order valence-electron chi connectivity index (χ0n) is 10.2. The number of aliphatic hydroxyl groups is 1. The third kappa shape index (κ3) is 2.62. The van der Waals surface area contributed by atoms with Gasteiger partial charge in [-0.2, -0.15) is 13.2 Å². The summed E-state index contributed by atoms with van der Waals surface area (Å²) in [6.07, 6.45) is -6.28. The van der Waals surface area contributed by atoms with Crippen molar-refractivity contribution >= 4 is 5.57 Å². The second-order valence-electron chi connectivity index (χ2n) is 4.33. The van der Waals surface area contributed by atoms with Gasteiger partial charge in [-0.1, -0.05) is 0 Å². The van der Waals surface area contributed by atoms with E-state index in [1.807, 2.05) is 0 Å². The van der Waals surface area contributed by atoms with Crippen LogP contribution in [0.25, 0.3) is 5.57 Å². The summed E-state index contributed by atoms with van der Waals surface area (Å²) < 4.78 is 91.8. The Bertz CT molecular complexity index is 655. The van der Waals surface area contributed by atoms with Gasteiger partial charge in [-0.25, -0.2) is 17.6 Å². The van der Waals surface area contributed by atoms with E-state index in [4.69, 9.17) is 5.11 Å². The summed E-state index contributed by atoms with van der Waals surface area (Å²) in [6.45, 7) is 0. The maximum Gasteiger partial charge on any atom is 0.419 e. The van der Waals surface area contributed by atoms with Crippen molar-refractivity contribution in [1.82, 2.24) is 0 Å². The first-order chi connectivity index (χ1) is 9.64. The fourth-order valence-electron chi connectivity index (χ4n) is 2.08. The van der Waals surface area contributed by atoms with Gasteiger partial charge in [0.1, 0.15) is 5.76 Å². The van der Waals surface area contributed by atoms with Crippen LogP contribution in [0.3, 0.4) is 0 Å². The monoisotopic (exact) mass is 312 g/mol. The van der Waals surface area contributed by atoms with Gasteiger partial charge < -0.3 is 5.11 Å². The number of aliphatic hydroxyl groups excluding tert-OH is 1. The van der Waals surface area contributed by atoms with Crippen molar-refractivity contribution in [3.8, 4) is 0 Å². The van der Waals surface area contributed by atoms with E-state index in [1.54, 1.807) is 0 Å². The van der Waals surface area contributed by atoms with E-state index >= 15 is 0 Å². The molecule has 114 valence electrons. The first-order valence-electron chi connectivity index (χ1n) is 5.66. The standard InChI is InChI=1S/C13H7F7O/c14-7-3-1-6(10(15)11(7)16)5-2-4-8(21)12(17)9(5)13(18,19)20/h1,3,21H,2,4H2. The average molecular weight is 312 g/mol. The van der Waals surface area contributed by atoms with Crippen LogP contribution in [0.1, 0.15) is 18.4 Å². The number of rotatable bonds is 1. The van der Waals surface area contributed by atoms with Crippen molar-refractivity contribution in [1.29, 1.82) is 0 Å². The quantitative estimate of drug-likeness (QED) is 0.574.